The minimum absolute atomic E-state index is 0.0131. The summed E-state index contributed by atoms with van der Waals surface area (Å²) in [7, 11) is 0. The lowest BCUT2D eigenvalue weighted by molar-refractivity contribution is -0.137. The van der Waals surface area contributed by atoms with E-state index >= 15 is 0 Å². The highest BCUT2D eigenvalue weighted by Crippen LogP contribution is 2.30. The van der Waals surface area contributed by atoms with Crippen LogP contribution < -0.4 is 20.7 Å². The zero-order valence-corrected chi connectivity index (χ0v) is 19.5. The number of carbonyl (C=O) groups excluding carboxylic acids is 2. The summed E-state index contributed by atoms with van der Waals surface area (Å²) in [5, 5.41) is 8.12. The lowest BCUT2D eigenvalue weighted by Gasteiger charge is -2.11. The summed E-state index contributed by atoms with van der Waals surface area (Å²) in [4.78, 5) is 24.9. The average Bonchev–Trinajstić information content (AvgIpc) is 2.86. The summed E-state index contributed by atoms with van der Waals surface area (Å²) in [5.74, 6) is -0.264. The first-order chi connectivity index (χ1) is 17.2. The number of alkyl halides is 3. The van der Waals surface area contributed by atoms with Crippen LogP contribution in [0.3, 0.4) is 0 Å². The van der Waals surface area contributed by atoms with Crippen LogP contribution in [-0.2, 0) is 15.7 Å². The Kier molecular flexibility index (Phi) is 9.29. The number of carbonyl (C=O) groups is 2. The van der Waals surface area contributed by atoms with Crippen LogP contribution in [0.4, 0.5) is 30.2 Å². The molecule has 3 aromatic rings. The summed E-state index contributed by atoms with van der Waals surface area (Å²) in [6, 6.07) is 17.6. The lowest BCUT2D eigenvalue weighted by Crippen LogP contribution is -2.22. The molecule has 0 bridgehead atoms. The van der Waals surface area contributed by atoms with E-state index in [0.29, 0.717) is 31.3 Å². The second-order valence-electron chi connectivity index (χ2n) is 7.58. The maximum atomic E-state index is 12.9. The van der Waals surface area contributed by atoms with Crippen LogP contribution >= 0.6 is 0 Å². The first-order valence-corrected chi connectivity index (χ1v) is 11.2. The Bertz CT molecular complexity index is 1170. The Labute approximate surface area is 206 Å². The fourth-order valence-corrected chi connectivity index (χ4v) is 3.13. The monoisotopic (exact) mass is 501 g/mol. The molecule has 2 amide bonds. The van der Waals surface area contributed by atoms with Gasteiger partial charge in [0.25, 0.3) is 5.91 Å². The van der Waals surface area contributed by atoms with Crippen molar-refractivity contribution in [2.24, 2.45) is 0 Å². The average molecular weight is 502 g/mol. The molecule has 0 spiro atoms. The van der Waals surface area contributed by atoms with E-state index in [0.717, 1.165) is 17.8 Å². The van der Waals surface area contributed by atoms with Crippen LogP contribution in [0.1, 0.15) is 22.8 Å². The molecular formula is C26H26F3N3O4. The number of halogens is 3. The Hall–Kier alpha value is -4.05. The van der Waals surface area contributed by atoms with Crippen molar-refractivity contribution in [3.63, 3.8) is 0 Å². The fourth-order valence-electron chi connectivity index (χ4n) is 3.13. The van der Waals surface area contributed by atoms with Crippen LogP contribution in [0.15, 0.2) is 72.8 Å². The second-order valence-corrected chi connectivity index (χ2v) is 7.58. The van der Waals surface area contributed by atoms with Gasteiger partial charge in [-0.3, -0.25) is 9.59 Å². The maximum absolute atomic E-state index is 12.9. The molecule has 0 radical (unpaired) electrons. The fraction of sp³-hybridized carbons (Fsp3) is 0.231. The number of amides is 2. The van der Waals surface area contributed by atoms with E-state index in [9.17, 15) is 22.8 Å². The maximum Gasteiger partial charge on any atom is 0.416 e. The van der Waals surface area contributed by atoms with Crippen LogP contribution in [0, 0.1) is 0 Å². The minimum Gasteiger partial charge on any atom is -0.491 e. The number of anilines is 3. The molecule has 3 aromatic carbocycles. The van der Waals surface area contributed by atoms with E-state index in [2.05, 4.69) is 16.0 Å². The summed E-state index contributed by atoms with van der Waals surface area (Å²) in [6.45, 7) is 3.47. The highest BCUT2D eigenvalue weighted by molar-refractivity contribution is 6.05. The van der Waals surface area contributed by atoms with Crippen molar-refractivity contribution in [3.05, 3.63) is 83.9 Å². The molecule has 3 N–H and O–H groups in total. The molecule has 0 saturated heterocycles. The van der Waals surface area contributed by atoms with Gasteiger partial charge in [0.05, 0.1) is 18.7 Å². The SMILES string of the molecule is CCOCCOc1ccc(NCC(=O)Nc2cccc(C(=O)Nc3cccc(C(F)(F)F)c3)c2)cc1. The van der Waals surface area contributed by atoms with Crippen molar-refractivity contribution in [1.82, 2.24) is 0 Å². The smallest absolute Gasteiger partial charge is 0.416 e. The normalized spacial score (nSPS) is 11.0. The van der Waals surface area contributed by atoms with Gasteiger partial charge in [-0.2, -0.15) is 13.2 Å². The van der Waals surface area contributed by atoms with Gasteiger partial charge in [-0.15, -0.1) is 0 Å². The van der Waals surface area contributed by atoms with Crippen molar-refractivity contribution < 1.29 is 32.2 Å². The van der Waals surface area contributed by atoms with Gasteiger partial charge in [0.1, 0.15) is 12.4 Å². The molecule has 0 saturated carbocycles. The van der Waals surface area contributed by atoms with E-state index in [-0.39, 0.29) is 23.7 Å². The molecule has 190 valence electrons. The third kappa shape index (κ3) is 8.31. The Balaban J connectivity index is 1.51. The van der Waals surface area contributed by atoms with E-state index in [1.165, 1.54) is 24.3 Å². The van der Waals surface area contributed by atoms with Crippen molar-refractivity contribution in [1.29, 1.82) is 0 Å². The Morgan fingerprint density at radius 1 is 0.833 bits per heavy atom. The molecule has 0 atom stereocenters. The molecule has 0 fully saturated rings. The minimum atomic E-state index is -4.52. The number of ether oxygens (including phenoxy) is 2. The van der Waals surface area contributed by atoms with Crippen molar-refractivity contribution in [2.75, 3.05) is 42.3 Å². The molecule has 0 heterocycles. The molecule has 0 aliphatic carbocycles. The lowest BCUT2D eigenvalue weighted by atomic mass is 10.1. The molecule has 0 aliphatic rings. The van der Waals surface area contributed by atoms with E-state index in [1.54, 1.807) is 36.4 Å². The van der Waals surface area contributed by atoms with Gasteiger partial charge in [-0.05, 0) is 67.6 Å². The number of benzene rings is 3. The number of nitrogens with one attached hydrogen (secondary N) is 3. The summed E-state index contributed by atoms with van der Waals surface area (Å²) >= 11 is 0. The van der Waals surface area contributed by atoms with Gasteiger partial charge in [0.15, 0.2) is 0 Å². The Morgan fingerprint density at radius 2 is 1.53 bits per heavy atom. The molecule has 0 aliphatic heterocycles. The number of hydrogen-bond donors (Lipinski definition) is 3. The van der Waals surface area contributed by atoms with Gasteiger partial charge in [-0.25, -0.2) is 0 Å². The van der Waals surface area contributed by atoms with Crippen LogP contribution in [0.5, 0.6) is 5.75 Å². The van der Waals surface area contributed by atoms with Crippen molar-refractivity contribution in [3.8, 4) is 5.75 Å². The zero-order valence-electron chi connectivity index (χ0n) is 19.5. The van der Waals surface area contributed by atoms with E-state index in [1.807, 2.05) is 6.92 Å². The van der Waals surface area contributed by atoms with Gasteiger partial charge in [0, 0.05) is 29.2 Å². The highest BCUT2D eigenvalue weighted by atomic mass is 19.4. The number of rotatable bonds is 11. The standard InChI is InChI=1S/C26H26F3N3O4/c1-2-35-13-14-36-23-11-9-20(10-12-23)30-17-24(33)31-21-7-3-5-18(15-21)25(34)32-22-8-4-6-19(16-22)26(27,28)29/h3-12,15-16,30H,2,13-14,17H2,1H3,(H,31,33)(H,32,34). The molecule has 7 nitrogen and oxygen atoms in total. The second kappa shape index (κ2) is 12.6. The zero-order chi connectivity index (χ0) is 26.0. The molecule has 10 heteroatoms. The largest absolute Gasteiger partial charge is 0.491 e. The molecule has 3 rings (SSSR count). The third-order valence-electron chi connectivity index (χ3n) is 4.86. The topological polar surface area (TPSA) is 88.7 Å². The van der Waals surface area contributed by atoms with Crippen LogP contribution in [0.2, 0.25) is 0 Å². The van der Waals surface area contributed by atoms with Crippen molar-refractivity contribution >= 4 is 28.9 Å². The van der Waals surface area contributed by atoms with Gasteiger partial charge >= 0.3 is 6.18 Å². The first-order valence-electron chi connectivity index (χ1n) is 11.2. The summed E-state index contributed by atoms with van der Waals surface area (Å²) in [5.41, 5.74) is 0.419. The Morgan fingerprint density at radius 3 is 2.22 bits per heavy atom. The van der Waals surface area contributed by atoms with Crippen LogP contribution in [0.25, 0.3) is 0 Å². The highest BCUT2D eigenvalue weighted by Gasteiger charge is 2.30. The van der Waals surface area contributed by atoms with Gasteiger partial charge in [0.2, 0.25) is 5.91 Å². The van der Waals surface area contributed by atoms with E-state index in [4.69, 9.17) is 9.47 Å². The molecular weight excluding hydrogens is 475 g/mol. The quantitative estimate of drug-likeness (QED) is 0.305. The number of hydrogen-bond acceptors (Lipinski definition) is 5. The molecule has 36 heavy (non-hydrogen) atoms. The third-order valence-corrected chi connectivity index (χ3v) is 4.86. The van der Waals surface area contributed by atoms with Gasteiger partial charge in [-0.1, -0.05) is 12.1 Å². The van der Waals surface area contributed by atoms with Gasteiger partial charge < -0.3 is 25.4 Å². The summed E-state index contributed by atoms with van der Waals surface area (Å²) < 4.78 is 49.4. The summed E-state index contributed by atoms with van der Waals surface area (Å²) in [6.07, 6.45) is -4.52. The van der Waals surface area contributed by atoms with E-state index < -0.39 is 17.6 Å². The molecule has 0 aromatic heterocycles. The van der Waals surface area contributed by atoms with Crippen molar-refractivity contribution in [2.45, 2.75) is 13.1 Å². The first kappa shape index (κ1) is 26.6. The van der Waals surface area contributed by atoms with Crippen LogP contribution in [-0.4, -0.2) is 38.2 Å². The molecule has 0 unspecified atom stereocenters. The predicted octanol–water partition coefficient (Wildman–Crippen LogP) is 5.42. The predicted molar refractivity (Wildman–Crippen MR) is 131 cm³/mol.